The summed E-state index contributed by atoms with van der Waals surface area (Å²) < 4.78 is 0. The van der Waals surface area contributed by atoms with Gasteiger partial charge < -0.3 is 0 Å². The fraction of sp³-hybridized carbons (Fsp3) is 0.929. The lowest BCUT2D eigenvalue weighted by atomic mass is 10.9. The van der Waals surface area contributed by atoms with Gasteiger partial charge in [-0.2, -0.15) is 0 Å². The van der Waals surface area contributed by atoms with E-state index in [1.807, 2.05) is 0 Å². The molecule has 0 nitrogen and oxygen atoms in total. The van der Waals surface area contributed by atoms with Crippen LogP contribution in [-0.4, -0.2) is 49.7 Å². The van der Waals surface area contributed by atoms with Gasteiger partial charge in [0.1, 0.15) is 0 Å². The highest BCUT2D eigenvalue weighted by molar-refractivity contribution is 7.98. The first-order valence-electron chi connectivity index (χ1n) is 8.21. The van der Waals surface area contributed by atoms with Crippen LogP contribution in [0.1, 0.15) is 0 Å². The average molecular weight is 375 g/mol. The molecule has 0 fully saturated rings. The molecule has 0 bridgehead atoms. The van der Waals surface area contributed by atoms with E-state index in [2.05, 4.69) is 83.4 Å². The van der Waals surface area contributed by atoms with E-state index in [0.717, 1.165) is 0 Å². The number of hydrogen-bond donors (Lipinski definition) is 0. The molecule has 0 spiro atoms. The lowest BCUT2D eigenvalue weighted by molar-refractivity contribution is 1.67. The zero-order chi connectivity index (χ0) is 16.4. The molecular weight excluding hydrogens is 337 g/mol. The van der Waals surface area contributed by atoms with E-state index in [-0.39, 0.29) is 7.44 Å². The monoisotopic (exact) mass is 374 g/mol. The van der Waals surface area contributed by atoms with Gasteiger partial charge in [-0.3, -0.25) is 0 Å². The summed E-state index contributed by atoms with van der Waals surface area (Å²) in [6, 6.07) is 1.70. The minimum Gasteiger partial charge on any atom is -0.107 e. The molecule has 0 aromatic carbocycles. The minimum absolute atomic E-state index is 0.0923. The van der Waals surface area contributed by atoms with Gasteiger partial charge in [0.25, 0.3) is 0 Å². The van der Waals surface area contributed by atoms with E-state index in [1.165, 1.54) is 0 Å². The molecule has 20 heavy (non-hydrogen) atoms. The van der Waals surface area contributed by atoms with E-state index in [1.54, 1.807) is 6.04 Å². The molecule has 6 heteroatoms. The Bertz CT molecular complexity index is 409. The summed E-state index contributed by atoms with van der Waals surface area (Å²) in [7, 11) is -4.02. The third-order valence-electron chi connectivity index (χ3n) is 5.39. The highest BCUT2D eigenvalue weighted by Crippen LogP contribution is 2.43. The Morgan fingerprint density at radius 3 is 1.25 bits per heavy atom. The summed E-state index contributed by atoms with van der Waals surface area (Å²) in [5, 5.41) is 0. The van der Waals surface area contributed by atoms with Crippen molar-refractivity contribution in [3.63, 3.8) is 0 Å². The summed E-state index contributed by atoms with van der Waals surface area (Å²) in [5.74, 6) is 0. The van der Waals surface area contributed by atoms with Crippen molar-refractivity contribution in [1.82, 2.24) is 0 Å². The predicted octanol–water partition coefficient (Wildman–Crippen LogP) is 4.90. The van der Waals surface area contributed by atoms with Gasteiger partial charge in [-0.1, -0.05) is 78.6 Å². The quantitative estimate of drug-likeness (QED) is 0.614. The van der Waals surface area contributed by atoms with Gasteiger partial charge in [0.05, 0.1) is 22.3 Å². The third kappa shape index (κ3) is 2.97. The molecule has 118 valence electrons. The topological polar surface area (TPSA) is 0 Å². The summed E-state index contributed by atoms with van der Waals surface area (Å²) in [6.07, 6.45) is 0. The SMILES string of the molecule is C[Si](C)(C)C1=[Si]([Si](C)(C)C)[Si]([Si](C)(C)C)([Si](C)(C)C)C1. The van der Waals surface area contributed by atoms with Crippen LogP contribution in [0.15, 0.2) is 0 Å². The van der Waals surface area contributed by atoms with E-state index >= 15 is 0 Å². The van der Waals surface area contributed by atoms with Crippen molar-refractivity contribution in [3.8, 4) is 0 Å². The molecule has 0 N–H and O–H groups in total. The van der Waals surface area contributed by atoms with Crippen LogP contribution in [0.4, 0.5) is 0 Å². The van der Waals surface area contributed by atoms with Gasteiger partial charge in [0.2, 0.25) is 0 Å². The molecule has 0 radical (unpaired) electrons. The highest BCUT2D eigenvalue weighted by Gasteiger charge is 2.65. The maximum Gasteiger partial charge on any atom is 0.0662 e. The first kappa shape index (κ1) is 19.2. The highest BCUT2D eigenvalue weighted by atomic mass is 30.0. The average Bonchev–Trinajstić information content (AvgIpc) is 1.86. The minimum atomic E-state index is -1.02. The Hall–Kier alpha value is 1.17. The number of hydrogen-bond acceptors (Lipinski definition) is 0. The molecule has 0 atom stereocenters. The van der Waals surface area contributed by atoms with Gasteiger partial charge in [-0.15, -0.1) is 4.79 Å². The van der Waals surface area contributed by atoms with Crippen LogP contribution in [0.2, 0.25) is 84.6 Å². The Balaban J connectivity index is 3.66. The Kier molecular flexibility index (Phi) is 4.89. The molecule has 1 aliphatic heterocycles. The van der Waals surface area contributed by atoms with Crippen LogP contribution in [-0.2, 0) is 0 Å². The van der Waals surface area contributed by atoms with Gasteiger partial charge in [-0.25, -0.2) is 0 Å². The second-order valence-corrected chi connectivity index (χ2v) is 63.7. The molecule has 0 saturated heterocycles. The van der Waals surface area contributed by atoms with Crippen LogP contribution in [0.25, 0.3) is 0 Å². The fourth-order valence-electron chi connectivity index (χ4n) is 4.73. The summed E-state index contributed by atoms with van der Waals surface area (Å²) in [5.41, 5.74) is 0. The van der Waals surface area contributed by atoms with Crippen molar-refractivity contribution >= 4 is 49.7 Å². The summed E-state index contributed by atoms with van der Waals surface area (Å²) in [6.45, 7) is 31.7. The standard InChI is InChI=1S/C14H38Si6/c1-16(2,3)14-13-20(18(7,8)9,19(10,11)12)15(14)17(4,5)6/h13H2,1-12H3. The van der Waals surface area contributed by atoms with Gasteiger partial charge in [0, 0.05) is 15.2 Å². The van der Waals surface area contributed by atoms with Gasteiger partial charge in [0.15, 0.2) is 0 Å². The maximum absolute atomic E-state index is 2.75. The van der Waals surface area contributed by atoms with Crippen molar-refractivity contribution in [2.75, 3.05) is 0 Å². The van der Waals surface area contributed by atoms with Crippen LogP contribution >= 0.6 is 0 Å². The van der Waals surface area contributed by atoms with E-state index in [9.17, 15) is 0 Å². The first-order chi connectivity index (χ1) is 8.46. The van der Waals surface area contributed by atoms with Crippen LogP contribution in [0.3, 0.4) is 0 Å². The predicted molar refractivity (Wildman–Crippen MR) is 115 cm³/mol. The van der Waals surface area contributed by atoms with E-state index in [4.69, 9.17) is 0 Å². The summed E-state index contributed by atoms with van der Waals surface area (Å²) >= 11 is 0. The maximum atomic E-state index is 2.75. The Morgan fingerprint density at radius 2 is 1.05 bits per heavy atom. The van der Waals surface area contributed by atoms with E-state index < -0.39 is 37.5 Å². The van der Waals surface area contributed by atoms with Crippen molar-refractivity contribution < 1.29 is 0 Å². The Labute approximate surface area is 134 Å². The first-order valence-corrected chi connectivity index (χ1v) is 29.9. The van der Waals surface area contributed by atoms with Crippen LogP contribution < -0.4 is 0 Å². The molecule has 0 saturated carbocycles. The molecule has 1 aliphatic rings. The molecule has 1 rings (SSSR count). The largest absolute Gasteiger partial charge is 0.107 e. The fourth-order valence-corrected chi connectivity index (χ4v) is 151. The third-order valence-corrected chi connectivity index (χ3v) is 94.1. The van der Waals surface area contributed by atoms with Gasteiger partial charge in [-0.05, 0) is 13.5 Å². The van der Waals surface area contributed by atoms with Gasteiger partial charge >= 0.3 is 0 Å². The molecule has 0 amide bonds. The lowest BCUT2D eigenvalue weighted by Crippen LogP contribution is -2.89. The molecule has 0 unspecified atom stereocenters. The molecule has 0 aromatic heterocycles. The molecule has 1 heterocycles. The van der Waals surface area contributed by atoms with Crippen molar-refractivity contribution in [2.24, 2.45) is 0 Å². The zero-order valence-electron chi connectivity index (χ0n) is 16.2. The van der Waals surface area contributed by atoms with Crippen LogP contribution in [0.5, 0.6) is 0 Å². The lowest BCUT2D eigenvalue weighted by Gasteiger charge is -2.63. The smallest absolute Gasteiger partial charge is 0.0662 e. The summed E-state index contributed by atoms with van der Waals surface area (Å²) in [4.78, 5) is 2.22. The Morgan fingerprint density at radius 1 is 0.700 bits per heavy atom. The zero-order valence-corrected chi connectivity index (χ0v) is 22.2. The molecule has 0 aliphatic carbocycles. The second-order valence-electron chi connectivity index (χ2n) is 10.9. The normalized spacial score (nSPS) is 21.0. The second kappa shape index (κ2) is 5.09. The van der Waals surface area contributed by atoms with Crippen molar-refractivity contribution in [2.45, 2.75) is 84.6 Å². The van der Waals surface area contributed by atoms with E-state index in [0.29, 0.717) is 0 Å². The van der Waals surface area contributed by atoms with Crippen molar-refractivity contribution in [3.05, 3.63) is 0 Å². The van der Waals surface area contributed by atoms with Crippen LogP contribution in [0, 0.1) is 0 Å². The van der Waals surface area contributed by atoms with Crippen molar-refractivity contribution in [1.29, 1.82) is 0 Å². The molecule has 0 aromatic rings. The number of rotatable bonds is 4. The molecular formula is C14H38Si6.